The zero-order valence-corrected chi connectivity index (χ0v) is 17.0. The van der Waals surface area contributed by atoms with E-state index in [0.29, 0.717) is 25.5 Å². The zero-order chi connectivity index (χ0) is 20.5. The van der Waals surface area contributed by atoms with Crippen LogP contribution < -0.4 is 10.6 Å². The Kier molecular flexibility index (Phi) is 7.03. The summed E-state index contributed by atoms with van der Waals surface area (Å²) in [7, 11) is 1.90. The van der Waals surface area contributed by atoms with Gasteiger partial charge in [-0.25, -0.2) is 4.99 Å². The van der Waals surface area contributed by atoms with Gasteiger partial charge in [-0.1, -0.05) is 60.7 Å². The molecule has 1 aromatic heterocycles. The Hall–Kier alpha value is -3.12. The van der Waals surface area contributed by atoms with E-state index >= 15 is 0 Å². The fraction of sp³-hybridized carbons (Fsp3) is 0.304. The first kappa shape index (κ1) is 20.6. The van der Waals surface area contributed by atoms with Crippen LogP contribution in [0.2, 0.25) is 0 Å². The van der Waals surface area contributed by atoms with Crippen LogP contribution in [0.1, 0.15) is 23.7 Å². The van der Waals surface area contributed by atoms with Crippen molar-refractivity contribution >= 4 is 5.96 Å². The van der Waals surface area contributed by atoms with Crippen molar-refractivity contribution in [2.75, 3.05) is 13.1 Å². The van der Waals surface area contributed by atoms with E-state index in [1.807, 2.05) is 85.4 Å². The van der Waals surface area contributed by atoms with Crippen molar-refractivity contribution in [3.63, 3.8) is 0 Å². The zero-order valence-electron chi connectivity index (χ0n) is 17.0. The van der Waals surface area contributed by atoms with Crippen molar-refractivity contribution in [1.29, 1.82) is 0 Å². The van der Waals surface area contributed by atoms with Crippen molar-refractivity contribution in [2.45, 2.75) is 25.5 Å². The Labute approximate surface area is 172 Å². The molecule has 3 rings (SSSR count). The summed E-state index contributed by atoms with van der Waals surface area (Å²) in [6.07, 6.45) is 2.27. The lowest BCUT2D eigenvalue weighted by Crippen LogP contribution is -2.46. The number of nitrogens with zero attached hydrogens (tertiary/aromatic N) is 3. The first-order valence-electron chi connectivity index (χ1n) is 9.91. The number of hydrogen-bond acceptors (Lipinski definition) is 3. The predicted octanol–water partition coefficient (Wildman–Crippen LogP) is 2.61. The maximum atomic E-state index is 11.6. The number of guanidine groups is 1. The Morgan fingerprint density at radius 3 is 2.34 bits per heavy atom. The lowest BCUT2D eigenvalue weighted by molar-refractivity contribution is 0.0414. The first-order chi connectivity index (χ1) is 14.1. The number of hydrogen-bond donors (Lipinski definition) is 3. The van der Waals surface area contributed by atoms with Crippen LogP contribution in [0.25, 0.3) is 0 Å². The summed E-state index contributed by atoms with van der Waals surface area (Å²) in [6, 6.07) is 21.8. The lowest BCUT2D eigenvalue weighted by Gasteiger charge is -2.30. The Morgan fingerprint density at radius 1 is 1.03 bits per heavy atom. The molecule has 1 heterocycles. The van der Waals surface area contributed by atoms with Crippen LogP contribution in [0, 0.1) is 0 Å². The molecule has 0 aliphatic rings. The average molecular weight is 392 g/mol. The smallest absolute Gasteiger partial charge is 0.191 e. The molecule has 6 nitrogen and oxygen atoms in total. The van der Waals surface area contributed by atoms with Gasteiger partial charge < -0.3 is 15.7 Å². The van der Waals surface area contributed by atoms with Crippen LogP contribution >= 0.6 is 0 Å². The topological polar surface area (TPSA) is 74.5 Å². The van der Waals surface area contributed by atoms with Crippen molar-refractivity contribution in [2.24, 2.45) is 12.0 Å². The molecule has 3 N–H and O–H groups in total. The standard InChI is InChI=1S/C23H29N5O/c1-3-24-22(25-17-21-14-15-27-28(21)2)26-18-23(29,20-12-8-5-9-13-20)16-19-10-6-4-7-11-19/h4-15,29H,3,16-18H2,1-2H3,(H2,24,25,26). The molecule has 3 aromatic rings. The molecule has 0 aliphatic carbocycles. The largest absolute Gasteiger partial charge is 0.383 e. The third kappa shape index (κ3) is 5.68. The fourth-order valence-electron chi connectivity index (χ4n) is 3.24. The highest BCUT2D eigenvalue weighted by atomic mass is 16.3. The molecule has 6 heteroatoms. The van der Waals surface area contributed by atoms with Crippen molar-refractivity contribution in [3.8, 4) is 0 Å². The quantitative estimate of drug-likeness (QED) is 0.408. The van der Waals surface area contributed by atoms with E-state index in [9.17, 15) is 5.11 Å². The molecule has 152 valence electrons. The first-order valence-corrected chi connectivity index (χ1v) is 9.91. The van der Waals surface area contributed by atoms with Gasteiger partial charge in [-0.2, -0.15) is 5.10 Å². The lowest BCUT2D eigenvalue weighted by atomic mass is 9.87. The second-order valence-corrected chi connectivity index (χ2v) is 7.05. The second-order valence-electron chi connectivity index (χ2n) is 7.05. The van der Waals surface area contributed by atoms with E-state index in [4.69, 9.17) is 0 Å². The minimum atomic E-state index is -1.06. The number of aryl methyl sites for hydroxylation is 1. The summed E-state index contributed by atoms with van der Waals surface area (Å²) >= 11 is 0. The van der Waals surface area contributed by atoms with Crippen LogP contribution in [0.4, 0.5) is 0 Å². The highest BCUT2D eigenvalue weighted by Crippen LogP contribution is 2.25. The number of benzene rings is 2. The van der Waals surface area contributed by atoms with Gasteiger partial charge in [0, 0.05) is 26.2 Å². The van der Waals surface area contributed by atoms with E-state index in [1.165, 1.54) is 0 Å². The number of aromatic nitrogens is 2. The summed E-state index contributed by atoms with van der Waals surface area (Å²) in [5.41, 5.74) is 1.91. The summed E-state index contributed by atoms with van der Waals surface area (Å²) in [5, 5.41) is 22.3. The molecular weight excluding hydrogens is 362 g/mol. The molecule has 0 saturated carbocycles. The number of rotatable bonds is 8. The van der Waals surface area contributed by atoms with Crippen molar-refractivity contribution in [1.82, 2.24) is 20.4 Å². The molecule has 0 radical (unpaired) electrons. The summed E-state index contributed by atoms with van der Waals surface area (Å²) < 4.78 is 1.81. The van der Waals surface area contributed by atoms with Crippen LogP contribution in [0.3, 0.4) is 0 Å². The van der Waals surface area contributed by atoms with Crippen molar-refractivity contribution in [3.05, 3.63) is 89.7 Å². The number of nitrogens with one attached hydrogen (secondary N) is 2. The highest BCUT2D eigenvalue weighted by Gasteiger charge is 2.29. The molecule has 2 aromatic carbocycles. The van der Waals surface area contributed by atoms with Crippen molar-refractivity contribution < 1.29 is 5.11 Å². The summed E-state index contributed by atoms with van der Waals surface area (Å²) in [4.78, 5) is 4.64. The van der Waals surface area contributed by atoms with Gasteiger partial charge in [0.05, 0.1) is 18.8 Å². The van der Waals surface area contributed by atoms with Gasteiger partial charge in [0.1, 0.15) is 5.60 Å². The second kappa shape index (κ2) is 9.89. The number of aliphatic imine (C=N–C) groups is 1. The maximum absolute atomic E-state index is 11.6. The van der Waals surface area contributed by atoms with Crippen LogP contribution in [-0.2, 0) is 25.6 Å². The van der Waals surface area contributed by atoms with Crippen LogP contribution in [0.5, 0.6) is 0 Å². The predicted molar refractivity (Wildman–Crippen MR) is 117 cm³/mol. The third-order valence-electron chi connectivity index (χ3n) is 4.86. The average Bonchev–Trinajstić information content (AvgIpc) is 3.16. The molecule has 1 atom stereocenters. The van der Waals surface area contributed by atoms with Gasteiger partial charge in [-0.15, -0.1) is 0 Å². The molecule has 0 aliphatic heterocycles. The molecule has 1 unspecified atom stereocenters. The van der Waals surface area contributed by atoms with E-state index in [2.05, 4.69) is 20.7 Å². The van der Waals surface area contributed by atoms with E-state index in [0.717, 1.165) is 23.4 Å². The van der Waals surface area contributed by atoms with Gasteiger partial charge in [-0.3, -0.25) is 4.68 Å². The maximum Gasteiger partial charge on any atom is 0.191 e. The molecular formula is C23H29N5O. The van der Waals surface area contributed by atoms with Gasteiger partial charge in [0.2, 0.25) is 0 Å². The Balaban J connectivity index is 1.77. The third-order valence-corrected chi connectivity index (χ3v) is 4.86. The van der Waals surface area contributed by atoms with E-state index in [1.54, 1.807) is 6.20 Å². The molecule has 0 saturated heterocycles. The molecule has 0 bridgehead atoms. The summed E-state index contributed by atoms with van der Waals surface area (Å²) in [6.45, 7) is 3.60. The van der Waals surface area contributed by atoms with Gasteiger partial charge in [0.25, 0.3) is 0 Å². The van der Waals surface area contributed by atoms with Gasteiger partial charge in [0.15, 0.2) is 5.96 Å². The molecule has 29 heavy (non-hydrogen) atoms. The minimum Gasteiger partial charge on any atom is -0.383 e. The van der Waals surface area contributed by atoms with Gasteiger partial charge in [-0.05, 0) is 24.1 Å². The fourth-order valence-corrected chi connectivity index (χ4v) is 3.24. The van der Waals surface area contributed by atoms with Crippen LogP contribution in [0.15, 0.2) is 77.9 Å². The Bertz CT molecular complexity index is 907. The number of aliphatic hydroxyl groups is 1. The van der Waals surface area contributed by atoms with E-state index < -0.39 is 5.60 Å². The molecule has 0 fully saturated rings. The van der Waals surface area contributed by atoms with Crippen LogP contribution in [-0.4, -0.2) is 33.9 Å². The van der Waals surface area contributed by atoms with Gasteiger partial charge >= 0.3 is 0 Å². The Morgan fingerprint density at radius 2 is 1.72 bits per heavy atom. The minimum absolute atomic E-state index is 0.336. The summed E-state index contributed by atoms with van der Waals surface area (Å²) in [5.74, 6) is 0.663. The SMILES string of the molecule is CCNC(=NCc1ccnn1C)NCC(O)(Cc1ccccc1)c1ccccc1. The monoisotopic (exact) mass is 391 g/mol. The highest BCUT2D eigenvalue weighted by molar-refractivity contribution is 5.79. The molecule has 0 spiro atoms. The normalized spacial score (nSPS) is 13.7. The van der Waals surface area contributed by atoms with E-state index in [-0.39, 0.29) is 0 Å². The molecule has 0 amide bonds.